The maximum absolute atomic E-state index is 13.8. The Bertz CT molecular complexity index is 1400. The maximum atomic E-state index is 13.8. The number of halogens is 3. The van der Waals surface area contributed by atoms with E-state index in [1.165, 1.54) is 12.1 Å². The summed E-state index contributed by atoms with van der Waals surface area (Å²) in [6, 6.07) is 2.50. The number of imidazole rings is 1. The van der Waals surface area contributed by atoms with E-state index in [0.29, 0.717) is 23.4 Å². The Kier molecular flexibility index (Phi) is 6.77. The van der Waals surface area contributed by atoms with E-state index in [2.05, 4.69) is 9.97 Å². The van der Waals surface area contributed by atoms with Crippen molar-refractivity contribution in [1.82, 2.24) is 19.5 Å². The first-order valence-corrected chi connectivity index (χ1v) is 13.4. The molecule has 0 unspecified atom stereocenters. The lowest BCUT2D eigenvalue weighted by Crippen LogP contribution is -2.42. The highest BCUT2D eigenvalue weighted by Gasteiger charge is 2.40. The summed E-state index contributed by atoms with van der Waals surface area (Å²) in [5.41, 5.74) is -0.280. The SMILES string of the molecule is CC[C@@H](O)c1cnc(N2CCn3c(nc4cc(CO)c(S(C)(=O)=O)cc43)[C@@H]2C(C)C)nc1C(F)(F)F. The minimum absolute atomic E-state index is 0.00643. The van der Waals surface area contributed by atoms with Crippen molar-refractivity contribution in [2.45, 2.75) is 63.6 Å². The normalized spacial score (nSPS) is 17.6. The van der Waals surface area contributed by atoms with Gasteiger partial charge in [-0.15, -0.1) is 0 Å². The fourth-order valence-corrected chi connectivity index (χ4v) is 5.65. The van der Waals surface area contributed by atoms with Crippen molar-refractivity contribution in [3.8, 4) is 0 Å². The van der Waals surface area contributed by atoms with Crippen LogP contribution < -0.4 is 4.90 Å². The van der Waals surface area contributed by atoms with Gasteiger partial charge in [-0.3, -0.25) is 0 Å². The predicted molar refractivity (Wildman–Crippen MR) is 126 cm³/mol. The number of benzene rings is 1. The van der Waals surface area contributed by atoms with E-state index in [4.69, 9.17) is 4.98 Å². The van der Waals surface area contributed by atoms with E-state index in [1.54, 1.807) is 11.8 Å². The van der Waals surface area contributed by atoms with Crippen LogP contribution >= 0.6 is 0 Å². The summed E-state index contributed by atoms with van der Waals surface area (Å²) >= 11 is 0. The number of alkyl halides is 3. The van der Waals surface area contributed by atoms with Crippen molar-refractivity contribution in [2.24, 2.45) is 5.92 Å². The van der Waals surface area contributed by atoms with Gasteiger partial charge in [-0.25, -0.2) is 23.4 Å². The Morgan fingerprint density at radius 2 is 1.89 bits per heavy atom. The molecule has 3 aromatic rings. The van der Waals surface area contributed by atoms with E-state index >= 15 is 0 Å². The second-order valence-electron chi connectivity index (χ2n) is 9.28. The number of aliphatic hydroxyl groups excluding tert-OH is 2. The number of anilines is 1. The highest BCUT2D eigenvalue weighted by atomic mass is 32.2. The van der Waals surface area contributed by atoms with Gasteiger partial charge in [-0.05, 0) is 30.0 Å². The summed E-state index contributed by atoms with van der Waals surface area (Å²) in [5.74, 6) is 0.293. The fourth-order valence-electron chi connectivity index (χ4n) is 4.72. The molecule has 1 aromatic carbocycles. The van der Waals surface area contributed by atoms with Crippen LogP contribution in [0.15, 0.2) is 23.2 Å². The zero-order valence-electron chi connectivity index (χ0n) is 20.3. The molecule has 0 saturated carbocycles. The first-order chi connectivity index (χ1) is 16.8. The van der Waals surface area contributed by atoms with Gasteiger partial charge in [0, 0.05) is 31.1 Å². The lowest BCUT2D eigenvalue weighted by molar-refractivity contribution is -0.142. The Morgan fingerprint density at radius 3 is 2.44 bits per heavy atom. The Morgan fingerprint density at radius 1 is 1.19 bits per heavy atom. The molecule has 36 heavy (non-hydrogen) atoms. The van der Waals surface area contributed by atoms with Gasteiger partial charge in [-0.2, -0.15) is 13.2 Å². The summed E-state index contributed by atoms with van der Waals surface area (Å²) in [7, 11) is -3.62. The van der Waals surface area contributed by atoms with Crippen LogP contribution in [0.5, 0.6) is 0 Å². The number of aliphatic hydroxyl groups is 2. The summed E-state index contributed by atoms with van der Waals surface area (Å²) in [4.78, 5) is 14.4. The Labute approximate surface area is 206 Å². The van der Waals surface area contributed by atoms with Crippen molar-refractivity contribution < 1.29 is 31.8 Å². The topological polar surface area (TPSA) is 121 Å². The summed E-state index contributed by atoms with van der Waals surface area (Å²) < 4.78 is 67.9. The largest absolute Gasteiger partial charge is 0.433 e. The number of sulfone groups is 1. The van der Waals surface area contributed by atoms with Crippen LogP contribution in [-0.2, 0) is 29.2 Å². The molecule has 196 valence electrons. The van der Waals surface area contributed by atoms with Gasteiger partial charge in [0.15, 0.2) is 15.5 Å². The minimum atomic E-state index is -4.78. The van der Waals surface area contributed by atoms with Gasteiger partial charge in [-0.1, -0.05) is 20.8 Å². The number of rotatable bonds is 6. The third kappa shape index (κ3) is 4.55. The molecule has 0 fully saturated rings. The number of hydrogen-bond donors (Lipinski definition) is 2. The summed E-state index contributed by atoms with van der Waals surface area (Å²) in [6.45, 7) is 5.44. The predicted octanol–water partition coefficient (Wildman–Crippen LogP) is 3.40. The molecule has 0 amide bonds. The van der Waals surface area contributed by atoms with Gasteiger partial charge < -0.3 is 19.7 Å². The highest BCUT2D eigenvalue weighted by Crippen LogP contribution is 2.39. The average molecular weight is 528 g/mol. The van der Waals surface area contributed by atoms with Gasteiger partial charge in [0.1, 0.15) is 5.82 Å². The lowest BCUT2D eigenvalue weighted by atomic mass is 10.00. The third-order valence-corrected chi connectivity index (χ3v) is 7.58. The van der Waals surface area contributed by atoms with Crippen molar-refractivity contribution in [3.05, 3.63) is 41.0 Å². The summed E-state index contributed by atoms with van der Waals surface area (Å²) in [6.07, 6.45) is -3.94. The molecule has 0 bridgehead atoms. The monoisotopic (exact) mass is 527 g/mol. The molecular weight excluding hydrogens is 499 g/mol. The van der Waals surface area contributed by atoms with Crippen molar-refractivity contribution >= 4 is 26.8 Å². The second-order valence-corrected chi connectivity index (χ2v) is 11.3. The summed E-state index contributed by atoms with van der Waals surface area (Å²) in [5, 5.41) is 19.8. The number of aromatic nitrogens is 4. The quantitative estimate of drug-likeness (QED) is 0.500. The minimum Gasteiger partial charge on any atom is -0.392 e. The van der Waals surface area contributed by atoms with Gasteiger partial charge in [0.05, 0.1) is 34.7 Å². The zero-order valence-corrected chi connectivity index (χ0v) is 21.1. The third-order valence-electron chi connectivity index (χ3n) is 6.40. The first-order valence-electron chi connectivity index (χ1n) is 11.5. The molecule has 4 rings (SSSR count). The molecule has 0 aliphatic carbocycles. The number of hydrogen-bond acceptors (Lipinski definition) is 8. The van der Waals surface area contributed by atoms with Crippen LogP contribution in [0.4, 0.5) is 19.1 Å². The number of fused-ring (bicyclic) bond motifs is 3. The van der Waals surface area contributed by atoms with Crippen LogP contribution in [0, 0.1) is 5.92 Å². The van der Waals surface area contributed by atoms with E-state index in [1.807, 2.05) is 18.4 Å². The molecule has 9 nitrogen and oxygen atoms in total. The smallest absolute Gasteiger partial charge is 0.392 e. The molecule has 0 spiro atoms. The second kappa shape index (κ2) is 9.27. The Hall–Kier alpha value is -2.77. The molecule has 0 saturated heterocycles. The molecule has 2 atom stereocenters. The van der Waals surface area contributed by atoms with Crippen LogP contribution in [0.25, 0.3) is 11.0 Å². The molecule has 1 aliphatic rings. The molecule has 0 radical (unpaired) electrons. The molecule has 2 aromatic heterocycles. The molecule has 2 N–H and O–H groups in total. The maximum Gasteiger partial charge on any atom is 0.433 e. The van der Waals surface area contributed by atoms with E-state index in [0.717, 1.165) is 12.5 Å². The van der Waals surface area contributed by atoms with Gasteiger partial charge >= 0.3 is 6.18 Å². The average Bonchev–Trinajstić information content (AvgIpc) is 3.17. The van der Waals surface area contributed by atoms with Crippen LogP contribution in [0.3, 0.4) is 0 Å². The van der Waals surface area contributed by atoms with Crippen molar-refractivity contribution in [3.63, 3.8) is 0 Å². The standard InChI is InChI=1S/C23H28F3N5O4S/c1-5-17(33)14-10-27-22(29-20(14)23(24,25)26)31-7-6-30-16-9-18(36(4,34)35)13(11-32)8-15(16)28-21(30)19(31)12(2)3/h8-10,12,17,19,32-33H,5-7,11H2,1-4H3/t17-,19+/m1/s1. The molecular formula is C23H28F3N5O4S. The zero-order chi connectivity index (χ0) is 26.6. The van der Waals surface area contributed by atoms with Gasteiger partial charge in [0.25, 0.3) is 0 Å². The molecule has 1 aliphatic heterocycles. The van der Waals surface area contributed by atoms with Crippen molar-refractivity contribution in [2.75, 3.05) is 17.7 Å². The van der Waals surface area contributed by atoms with E-state index in [-0.39, 0.29) is 40.9 Å². The van der Waals surface area contributed by atoms with Crippen LogP contribution in [-0.4, -0.2) is 51.0 Å². The van der Waals surface area contributed by atoms with Gasteiger partial charge in [0.2, 0.25) is 5.95 Å². The van der Waals surface area contributed by atoms with E-state index < -0.39 is 40.5 Å². The highest BCUT2D eigenvalue weighted by molar-refractivity contribution is 7.90. The van der Waals surface area contributed by atoms with E-state index in [9.17, 15) is 31.8 Å². The van der Waals surface area contributed by atoms with Crippen molar-refractivity contribution in [1.29, 1.82) is 0 Å². The van der Waals surface area contributed by atoms with Crippen LogP contribution in [0.1, 0.15) is 62.0 Å². The Balaban J connectivity index is 1.87. The molecule has 3 heterocycles. The van der Waals surface area contributed by atoms with Crippen LogP contribution in [0.2, 0.25) is 0 Å². The molecule has 13 heteroatoms. The first kappa shape index (κ1) is 26.3. The fraction of sp³-hybridized carbons (Fsp3) is 0.522. The number of nitrogens with zero attached hydrogens (tertiary/aromatic N) is 5. The lowest BCUT2D eigenvalue weighted by Gasteiger charge is -2.38.